The third-order valence-corrected chi connectivity index (χ3v) is 10.2. The first-order chi connectivity index (χ1) is 23.7. The van der Waals surface area contributed by atoms with Crippen LogP contribution in [0.1, 0.15) is 36.7 Å². The minimum atomic E-state index is -1.27. The van der Waals surface area contributed by atoms with Crippen molar-refractivity contribution < 1.29 is 42.9 Å². The highest BCUT2D eigenvalue weighted by atomic mass is 31.1. The molecule has 0 unspecified atom stereocenters. The molecule has 1 N–H and O–H groups in total. The van der Waals surface area contributed by atoms with Gasteiger partial charge in [-0.2, -0.15) is 0 Å². The van der Waals surface area contributed by atoms with E-state index >= 15 is 0 Å². The second-order valence-electron chi connectivity index (χ2n) is 11.3. The summed E-state index contributed by atoms with van der Waals surface area (Å²) >= 11 is 0. The fourth-order valence-corrected chi connectivity index (χ4v) is 8.07. The molecule has 0 aliphatic carbocycles. The minimum Gasteiger partial charge on any atom is -0.463 e. The van der Waals surface area contributed by atoms with Gasteiger partial charge in [0.2, 0.25) is 0 Å². The van der Waals surface area contributed by atoms with E-state index in [1.165, 1.54) is 20.8 Å². The van der Waals surface area contributed by atoms with Crippen LogP contribution in [0.25, 0.3) is 0 Å². The lowest BCUT2D eigenvalue weighted by Gasteiger charge is -2.45. The molecule has 0 bridgehead atoms. The number of amides is 1. The molecule has 0 saturated carbocycles. The number of hydrogen-bond acceptors (Lipinski definition) is 9. The van der Waals surface area contributed by atoms with Crippen molar-refractivity contribution in [1.29, 1.82) is 0 Å². The zero-order chi connectivity index (χ0) is 34.8. The van der Waals surface area contributed by atoms with E-state index in [0.29, 0.717) is 5.56 Å². The number of benzene rings is 4. The number of carbonyl (C=O) groups is 4. The van der Waals surface area contributed by atoms with Crippen LogP contribution in [0.5, 0.6) is 0 Å². The lowest BCUT2D eigenvalue weighted by Crippen LogP contribution is -2.66. The predicted octanol–water partition coefficient (Wildman–Crippen LogP) is 3.91. The number of rotatable bonds is 12. The first-order valence-electron chi connectivity index (χ1n) is 15.8. The topological polar surface area (TPSA) is 126 Å². The molecule has 49 heavy (non-hydrogen) atoms. The van der Waals surface area contributed by atoms with E-state index in [1.54, 1.807) is 12.1 Å². The average Bonchev–Trinajstić information content (AvgIpc) is 3.10. The highest BCUT2D eigenvalue weighted by Crippen LogP contribution is 2.34. The van der Waals surface area contributed by atoms with Crippen LogP contribution in [-0.4, -0.2) is 61.1 Å². The Morgan fingerprint density at radius 1 is 0.673 bits per heavy atom. The van der Waals surface area contributed by atoms with Crippen LogP contribution in [0, 0.1) is 0 Å². The lowest BCUT2D eigenvalue weighted by molar-refractivity contribution is -0.279. The number of hydrogen-bond donors (Lipinski definition) is 1. The molecule has 1 fully saturated rings. The zero-order valence-electron chi connectivity index (χ0n) is 27.4. The van der Waals surface area contributed by atoms with Gasteiger partial charge in [-0.3, -0.25) is 19.2 Å². The molecule has 1 amide bonds. The van der Waals surface area contributed by atoms with Crippen LogP contribution in [0.3, 0.4) is 0 Å². The Hall–Kier alpha value is -4.89. The van der Waals surface area contributed by atoms with Gasteiger partial charge in [0.25, 0.3) is 5.91 Å². The molecule has 254 valence electrons. The smallest absolute Gasteiger partial charge is 0.303 e. The van der Waals surface area contributed by atoms with Crippen molar-refractivity contribution in [3.8, 4) is 0 Å². The second kappa shape index (κ2) is 17.0. The molecule has 0 aromatic heterocycles. The summed E-state index contributed by atoms with van der Waals surface area (Å²) < 4.78 is 29.1. The summed E-state index contributed by atoms with van der Waals surface area (Å²) in [5.74, 6) is -2.44. The predicted molar refractivity (Wildman–Crippen MR) is 184 cm³/mol. The Balaban J connectivity index is 1.55. The quantitative estimate of drug-likeness (QED) is 0.134. The van der Waals surface area contributed by atoms with Gasteiger partial charge in [0.05, 0.1) is 6.61 Å². The summed E-state index contributed by atoms with van der Waals surface area (Å²) in [7, 11) is -1.16. The summed E-state index contributed by atoms with van der Waals surface area (Å²) in [6.45, 7) is 3.40. The summed E-state index contributed by atoms with van der Waals surface area (Å²) in [6, 6.07) is 35.4. The molecule has 4 aromatic carbocycles. The normalized spacial score (nSPS) is 20.2. The van der Waals surface area contributed by atoms with Crippen molar-refractivity contribution in [3.05, 3.63) is 126 Å². The fourth-order valence-electron chi connectivity index (χ4n) is 5.62. The van der Waals surface area contributed by atoms with E-state index in [0.717, 1.165) is 21.5 Å². The maximum Gasteiger partial charge on any atom is 0.303 e. The summed E-state index contributed by atoms with van der Waals surface area (Å²) in [6.07, 6.45) is -4.80. The monoisotopic (exact) mass is 683 g/mol. The molecule has 4 aromatic rings. The van der Waals surface area contributed by atoms with Crippen molar-refractivity contribution in [1.82, 2.24) is 5.32 Å². The van der Waals surface area contributed by atoms with Gasteiger partial charge in [-0.25, -0.2) is 0 Å². The maximum atomic E-state index is 14.4. The molecule has 1 heterocycles. The molecular formula is C38H38NO9P. The molecule has 11 heteroatoms. The van der Waals surface area contributed by atoms with Gasteiger partial charge in [0.1, 0.15) is 18.8 Å². The first-order valence-corrected chi connectivity index (χ1v) is 17.1. The van der Waals surface area contributed by atoms with Crippen LogP contribution in [-0.2, 0) is 44.7 Å². The largest absolute Gasteiger partial charge is 0.463 e. The van der Waals surface area contributed by atoms with E-state index in [4.69, 9.17) is 23.7 Å². The Bertz CT molecular complexity index is 1680. The fraction of sp³-hybridized carbons (Fsp3) is 0.263. The molecule has 0 radical (unpaired) electrons. The number of nitrogens with one attached hydrogen (secondary N) is 1. The van der Waals surface area contributed by atoms with E-state index in [-0.39, 0.29) is 13.2 Å². The highest BCUT2D eigenvalue weighted by molar-refractivity contribution is 7.80. The van der Waals surface area contributed by atoms with E-state index in [2.05, 4.69) is 5.32 Å². The van der Waals surface area contributed by atoms with Crippen LogP contribution in [0.15, 0.2) is 115 Å². The Morgan fingerprint density at radius 3 is 1.78 bits per heavy atom. The van der Waals surface area contributed by atoms with Crippen LogP contribution in [0.4, 0.5) is 0 Å². The molecule has 1 aliphatic rings. The van der Waals surface area contributed by atoms with E-state index in [9.17, 15) is 19.2 Å². The van der Waals surface area contributed by atoms with Crippen molar-refractivity contribution >= 4 is 47.7 Å². The Kier molecular flexibility index (Phi) is 12.3. The van der Waals surface area contributed by atoms with Gasteiger partial charge in [-0.05, 0) is 35.5 Å². The Morgan fingerprint density at radius 2 is 1.20 bits per heavy atom. The number of esters is 3. The van der Waals surface area contributed by atoms with Gasteiger partial charge >= 0.3 is 17.9 Å². The molecule has 5 rings (SSSR count). The number of carbonyl (C=O) groups excluding carboxylic acids is 4. The third kappa shape index (κ3) is 9.38. The average molecular weight is 684 g/mol. The second-order valence-corrected chi connectivity index (χ2v) is 13.5. The highest BCUT2D eigenvalue weighted by Gasteiger charge is 2.51. The summed E-state index contributed by atoms with van der Waals surface area (Å²) in [4.78, 5) is 51.1. The Labute approximate surface area is 286 Å². The van der Waals surface area contributed by atoms with Gasteiger partial charge < -0.3 is 29.0 Å². The molecule has 5 atom stereocenters. The standard InChI is InChI=1S/C38H38NO9P/c1-25(40)44-24-32-35(46-26(2)41)36(47-27(3)42)34(38(48-32)45-23-28-15-7-4-8-16-28)39-37(43)31-21-13-14-22-33(31)49(29-17-9-5-10-18-29)30-19-11-6-12-20-30/h4-22,32,34-36,38H,23-24H2,1-3H3,(H,39,43)/t32-,34-,35-,36-,38+/m1/s1. The van der Waals surface area contributed by atoms with E-state index < -0.39 is 62.4 Å². The van der Waals surface area contributed by atoms with E-state index in [1.807, 2.05) is 103 Å². The molecule has 1 saturated heterocycles. The van der Waals surface area contributed by atoms with Crippen molar-refractivity contribution in [2.75, 3.05) is 6.61 Å². The van der Waals surface area contributed by atoms with Crippen LogP contribution >= 0.6 is 7.92 Å². The first kappa shape index (κ1) is 35.4. The molecule has 10 nitrogen and oxygen atoms in total. The minimum absolute atomic E-state index is 0.0765. The van der Waals surface area contributed by atoms with Gasteiger partial charge in [-0.15, -0.1) is 0 Å². The molecular weight excluding hydrogens is 645 g/mol. The van der Waals surface area contributed by atoms with Crippen molar-refractivity contribution in [2.24, 2.45) is 0 Å². The summed E-state index contributed by atoms with van der Waals surface area (Å²) in [5.41, 5.74) is 1.22. The van der Waals surface area contributed by atoms with Crippen LogP contribution < -0.4 is 21.2 Å². The number of ether oxygens (including phenoxy) is 5. The van der Waals surface area contributed by atoms with Gasteiger partial charge in [0.15, 0.2) is 18.5 Å². The van der Waals surface area contributed by atoms with Gasteiger partial charge in [-0.1, -0.05) is 109 Å². The SMILES string of the molecule is CC(=O)OC[C@H]1O[C@H](OCc2ccccc2)[C@H](NC(=O)c2ccccc2P(c2ccccc2)c2ccccc2)[C@@H](OC(C)=O)[C@@H]1OC(C)=O. The third-order valence-electron chi connectivity index (χ3n) is 7.67. The van der Waals surface area contributed by atoms with Gasteiger partial charge in [0, 0.05) is 26.3 Å². The van der Waals surface area contributed by atoms with Crippen LogP contribution in [0.2, 0.25) is 0 Å². The molecule has 1 aliphatic heterocycles. The van der Waals surface area contributed by atoms with Crippen molar-refractivity contribution in [2.45, 2.75) is 58.0 Å². The maximum absolute atomic E-state index is 14.4. The van der Waals surface area contributed by atoms with Crippen molar-refractivity contribution in [3.63, 3.8) is 0 Å². The summed E-state index contributed by atoms with van der Waals surface area (Å²) in [5, 5.41) is 5.92. The zero-order valence-corrected chi connectivity index (χ0v) is 28.3. The lowest BCUT2D eigenvalue weighted by atomic mass is 9.95. The molecule has 0 spiro atoms.